The maximum Gasteiger partial charge on any atom is 0.141 e. The Morgan fingerprint density at radius 1 is 1.16 bits per heavy atom. The lowest BCUT2D eigenvalue weighted by Crippen LogP contribution is -2.04. The van der Waals surface area contributed by atoms with Crippen LogP contribution >= 0.6 is 15.9 Å². The standard InChI is InChI=1S/C16H18BrNO/c1-3-12-6-4-5-7-15(12)19-16-9-8-13(11(2)18)10-14(16)17/h4-11H,3,18H2,1-2H3. The van der Waals surface area contributed by atoms with Crippen molar-refractivity contribution in [2.75, 3.05) is 0 Å². The molecule has 2 N–H and O–H groups in total. The molecule has 0 bridgehead atoms. The van der Waals surface area contributed by atoms with E-state index in [1.54, 1.807) is 0 Å². The van der Waals surface area contributed by atoms with Crippen LogP contribution in [0, 0.1) is 0 Å². The largest absolute Gasteiger partial charge is 0.456 e. The lowest BCUT2D eigenvalue weighted by Gasteiger charge is -2.13. The van der Waals surface area contributed by atoms with Gasteiger partial charge in [0.2, 0.25) is 0 Å². The number of halogens is 1. The third-order valence-corrected chi connectivity index (χ3v) is 3.67. The van der Waals surface area contributed by atoms with Crippen LogP contribution in [0.3, 0.4) is 0 Å². The molecule has 0 saturated carbocycles. The Balaban J connectivity index is 2.28. The Hall–Kier alpha value is -1.32. The Kier molecular flexibility index (Phi) is 4.61. The molecular formula is C16H18BrNO. The van der Waals surface area contributed by atoms with E-state index in [0.29, 0.717) is 0 Å². The minimum absolute atomic E-state index is 0.0216. The zero-order chi connectivity index (χ0) is 13.8. The van der Waals surface area contributed by atoms with Crippen molar-refractivity contribution in [1.82, 2.24) is 0 Å². The SMILES string of the molecule is CCc1ccccc1Oc1ccc(C(C)N)cc1Br. The van der Waals surface area contributed by atoms with E-state index in [1.165, 1.54) is 5.56 Å². The predicted molar refractivity (Wildman–Crippen MR) is 82.6 cm³/mol. The fourth-order valence-corrected chi connectivity index (χ4v) is 2.37. The monoisotopic (exact) mass is 319 g/mol. The first kappa shape index (κ1) is 14.1. The van der Waals surface area contributed by atoms with Crippen LogP contribution < -0.4 is 10.5 Å². The van der Waals surface area contributed by atoms with Crippen molar-refractivity contribution in [3.63, 3.8) is 0 Å². The average molecular weight is 320 g/mol. The molecule has 2 aromatic carbocycles. The summed E-state index contributed by atoms with van der Waals surface area (Å²) in [6.45, 7) is 4.09. The van der Waals surface area contributed by atoms with Crippen LogP contribution in [0.15, 0.2) is 46.9 Å². The first-order chi connectivity index (χ1) is 9.11. The lowest BCUT2D eigenvalue weighted by molar-refractivity contribution is 0.473. The van der Waals surface area contributed by atoms with Gasteiger partial charge >= 0.3 is 0 Å². The molecule has 2 nitrogen and oxygen atoms in total. The summed E-state index contributed by atoms with van der Waals surface area (Å²) in [7, 11) is 0. The number of ether oxygens (including phenoxy) is 1. The minimum atomic E-state index is 0.0216. The summed E-state index contributed by atoms with van der Waals surface area (Å²) in [4.78, 5) is 0. The maximum atomic E-state index is 5.98. The number of para-hydroxylation sites is 1. The molecule has 0 spiro atoms. The summed E-state index contributed by atoms with van der Waals surface area (Å²) in [6.07, 6.45) is 0.950. The molecule has 19 heavy (non-hydrogen) atoms. The van der Waals surface area contributed by atoms with Gasteiger partial charge in [0, 0.05) is 6.04 Å². The molecular weight excluding hydrogens is 302 g/mol. The van der Waals surface area contributed by atoms with E-state index in [1.807, 2.05) is 43.3 Å². The number of benzene rings is 2. The van der Waals surface area contributed by atoms with Crippen LogP contribution in [0.5, 0.6) is 11.5 Å². The number of rotatable bonds is 4. The maximum absolute atomic E-state index is 5.98. The lowest BCUT2D eigenvalue weighted by atomic mass is 10.1. The van der Waals surface area contributed by atoms with Crippen LogP contribution in [0.25, 0.3) is 0 Å². The fraction of sp³-hybridized carbons (Fsp3) is 0.250. The predicted octanol–water partition coefficient (Wildman–Crippen LogP) is 4.82. The van der Waals surface area contributed by atoms with Gasteiger partial charge in [-0.15, -0.1) is 0 Å². The molecule has 2 aromatic rings. The van der Waals surface area contributed by atoms with Crippen molar-refractivity contribution < 1.29 is 4.74 Å². The third kappa shape index (κ3) is 3.37. The van der Waals surface area contributed by atoms with Crippen molar-refractivity contribution in [1.29, 1.82) is 0 Å². The van der Waals surface area contributed by atoms with E-state index in [2.05, 4.69) is 28.9 Å². The normalized spacial score (nSPS) is 12.2. The van der Waals surface area contributed by atoms with Gasteiger partial charge in [-0.05, 0) is 58.6 Å². The highest BCUT2D eigenvalue weighted by Crippen LogP contribution is 2.33. The number of aryl methyl sites for hydroxylation is 1. The van der Waals surface area contributed by atoms with Crippen molar-refractivity contribution in [2.24, 2.45) is 5.73 Å². The van der Waals surface area contributed by atoms with Crippen LogP contribution in [-0.2, 0) is 6.42 Å². The van der Waals surface area contributed by atoms with E-state index in [4.69, 9.17) is 10.5 Å². The van der Waals surface area contributed by atoms with Gasteiger partial charge in [0.25, 0.3) is 0 Å². The highest BCUT2D eigenvalue weighted by atomic mass is 79.9. The summed E-state index contributed by atoms with van der Waals surface area (Å²) < 4.78 is 6.90. The second-order valence-corrected chi connectivity index (χ2v) is 5.40. The first-order valence-electron chi connectivity index (χ1n) is 6.42. The molecule has 0 heterocycles. The van der Waals surface area contributed by atoms with Gasteiger partial charge in [-0.2, -0.15) is 0 Å². The summed E-state index contributed by atoms with van der Waals surface area (Å²) in [5, 5.41) is 0. The van der Waals surface area contributed by atoms with Gasteiger partial charge in [0.05, 0.1) is 4.47 Å². The molecule has 1 unspecified atom stereocenters. The van der Waals surface area contributed by atoms with E-state index >= 15 is 0 Å². The minimum Gasteiger partial charge on any atom is -0.456 e. The fourth-order valence-electron chi connectivity index (χ4n) is 1.90. The second-order valence-electron chi connectivity index (χ2n) is 4.54. The van der Waals surface area contributed by atoms with Gasteiger partial charge in [-0.1, -0.05) is 31.2 Å². The smallest absolute Gasteiger partial charge is 0.141 e. The quantitative estimate of drug-likeness (QED) is 0.876. The van der Waals surface area contributed by atoms with E-state index < -0.39 is 0 Å². The molecule has 1 atom stereocenters. The van der Waals surface area contributed by atoms with Crippen LogP contribution in [0.1, 0.15) is 31.0 Å². The van der Waals surface area contributed by atoms with Gasteiger partial charge in [-0.3, -0.25) is 0 Å². The molecule has 0 aliphatic heterocycles. The van der Waals surface area contributed by atoms with Crippen molar-refractivity contribution in [2.45, 2.75) is 26.3 Å². The zero-order valence-electron chi connectivity index (χ0n) is 11.2. The molecule has 0 aromatic heterocycles. The Morgan fingerprint density at radius 2 is 1.89 bits per heavy atom. The van der Waals surface area contributed by atoms with Gasteiger partial charge in [-0.25, -0.2) is 0 Å². The van der Waals surface area contributed by atoms with E-state index in [-0.39, 0.29) is 6.04 Å². The Labute approximate surface area is 122 Å². The average Bonchev–Trinajstić information content (AvgIpc) is 2.41. The van der Waals surface area contributed by atoms with Gasteiger partial charge in [0.15, 0.2) is 0 Å². The van der Waals surface area contributed by atoms with E-state index in [9.17, 15) is 0 Å². The molecule has 0 aliphatic rings. The zero-order valence-corrected chi connectivity index (χ0v) is 12.8. The van der Waals surface area contributed by atoms with Gasteiger partial charge < -0.3 is 10.5 Å². The first-order valence-corrected chi connectivity index (χ1v) is 7.22. The van der Waals surface area contributed by atoms with Crippen molar-refractivity contribution >= 4 is 15.9 Å². The molecule has 0 radical (unpaired) electrons. The molecule has 0 amide bonds. The molecule has 100 valence electrons. The summed E-state index contributed by atoms with van der Waals surface area (Å²) in [5.41, 5.74) is 8.16. The third-order valence-electron chi connectivity index (χ3n) is 3.06. The summed E-state index contributed by atoms with van der Waals surface area (Å²) >= 11 is 3.54. The topological polar surface area (TPSA) is 35.2 Å². The van der Waals surface area contributed by atoms with Crippen molar-refractivity contribution in [3.05, 3.63) is 58.1 Å². The highest BCUT2D eigenvalue weighted by molar-refractivity contribution is 9.10. The molecule has 2 rings (SSSR count). The Bertz CT molecular complexity index is 566. The molecule has 0 fully saturated rings. The van der Waals surface area contributed by atoms with Gasteiger partial charge in [0.1, 0.15) is 11.5 Å². The second kappa shape index (κ2) is 6.22. The summed E-state index contributed by atoms with van der Waals surface area (Å²) in [6, 6.07) is 14.1. The van der Waals surface area contributed by atoms with Crippen LogP contribution in [0.2, 0.25) is 0 Å². The molecule has 0 aliphatic carbocycles. The highest BCUT2D eigenvalue weighted by Gasteiger charge is 2.08. The van der Waals surface area contributed by atoms with Crippen molar-refractivity contribution in [3.8, 4) is 11.5 Å². The van der Waals surface area contributed by atoms with Crippen LogP contribution in [-0.4, -0.2) is 0 Å². The molecule has 3 heteroatoms. The Morgan fingerprint density at radius 3 is 2.53 bits per heavy atom. The number of hydrogen-bond acceptors (Lipinski definition) is 2. The van der Waals surface area contributed by atoms with E-state index in [0.717, 1.165) is 28.0 Å². The summed E-state index contributed by atoms with van der Waals surface area (Å²) in [5.74, 6) is 1.71. The van der Waals surface area contributed by atoms with Crippen LogP contribution in [0.4, 0.5) is 0 Å². The number of nitrogens with two attached hydrogens (primary N) is 1. The molecule has 0 saturated heterocycles. The number of hydrogen-bond donors (Lipinski definition) is 1.